The summed E-state index contributed by atoms with van der Waals surface area (Å²) >= 11 is 0. The molecule has 0 aliphatic carbocycles. The van der Waals surface area contributed by atoms with Crippen molar-refractivity contribution in [3.05, 3.63) is 29.3 Å². The molecule has 0 aliphatic heterocycles. The van der Waals surface area contributed by atoms with Gasteiger partial charge >= 0.3 is 0 Å². The molecule has 0 saturated heterocycles. The Morgan fingerprint density at radius 3 is 2.25 bits per heavy atom. The number of nitrogens with zero attached hydrogens (tertiary/aromatic N) is 1. The summed E-state index contributed by atoms with van der Waals surface area (Å²) in [6, 6.07) is 6.06. The fourth-order valence-electron chi connectivity index (χ4n) is 2.55. The van der Waals surface area contributed by atoms with Crippen LogP contribution in [0.15, 0.2) is 18.2 Å². The number of hydrogen-bond acceptors (Lipinski definition) is 2. The molecule has 0 heterocycles. The van der Waals surface area contributed by atoms with E-state index >= 15 is 0 Å². The SMILES string of the molecule is CCCCCCCCCc1ccc(O)c(CN(C)C)c1. The monoisotopic (exact) mass is 277 g/mol. The minimum absolute atomic E-state index is 0.419. The Hall–Kier alpha value is -1.02. The van der Waals surface area contributed by atoms with Gasteiger partial charge < -0.3 is 10.0 Å². The van der Waals surface area contributed by atoms with Gasteiger partial charge in [0.15, 0.2) is 0 Å². The van der Waals surface area contributed by atoms with Crippen LogP contribution >= 0.6 is 0 Å². The summed E-state index contributed by atoms with van der Waals surface area (Å²) in [5, 5.41) is 9.85. The molecule has 0 aliphatic rings. The van der Waals surface area contributed by atoms with Crippen molar-refractivity contribution >= 4 is 0 Å². The lowest BCUT2D eigenvalue weighted by atomic mass is 10.0. The van der Waals surface area contributed by atoms with E-state index in [0.717, 1.165) is 18.5 Å². The Labute approximate surface area is 124 Å². The van der Waals surface area contributed by atoms with Crippen molar-refractivity contribution < 1.29 is 5.11 Å². The molecule has 0 unspecified atom stereocenters. The number of phenols is 1. The van der Waals surface area contributed by atoms with Gasteiger partial charge in [-0.15, -0.1) is 0 Å². The summed E-state index contributed by atoms with van der Waals surface area (Å²) in [6.07, 6.45) is 10.6. The Bertz CT molecular complexity index is 374. The molecule has 1 N–H and O–H groups in total. The third-order valence-electron chi connectivity index (χ3n) is 3.70. The fourth-order valence-corrected chi connectivity index (χ4v) is 2.55. The van der Waals surface area contributed by atoms with Crippen LogP contribution in [0, 0.1) is 0 Å². The predicted octanol–water partition coefficient (Wildman–Crippen LogP) is 4.75. The fraction of sp³-hybridized carbons (Fsp3) is 0.667. The zero-order valence-corrected chi connectivity index (χ0v) is 13.5. The van der Waals surface area contributed by atoms with Crippen LogP contribution in [0.3, 0.4) is 0 Å². The van der Waals surface area contributed by atoms with Crippen LogP contribution in [0.5, 0.6) is 5.75 Å². The highest BCUT2D eigenvalue weighted by Gasteiger charge is 2.04. The lowest BCUT2D eigenvalue weighted by molar-refractivity contribution is 0.385. The van der Waals surface area contributed by atoms with E-state index in [1.807, 2.05) is 20.2 Å². The van der Waals surface area contributed by atoms with E-state index in [4.69, 9.17) is 0 Å². The number of aryl methyl sites for hydroxylation is 1. The van der Waals surface area contributed by atoms with E-state index in [0.29, 0.717) is 5.75 Å². The molecular weight excluding hydrogens is 246 g/mol. The molecule has 0 saturated carbocycles. The second-order valence-corrected chi connectivity index (χ2v) is 6.07. The predicted molar refractivity (Wildman–Crippen MR) is 87.2 cm³/mol. The Morgan fingerprint density at radius 1 is 0.950 bits per heavy atom. The maximum atomic E-state index is 9.85. The highest BCUT2D eigenvalue weighted by atomic mass is 16.3. The molecule has 1 rings (SSSR count). The smallest absolute Gasteiger partial charge is 0.120 e. The molecule has 0 bridgehead atoms. The molecule has 114 valence electrons. The first-order valence-corrected chi connectivity index (χ1v) is 8.09. The van der Waals surface area contributed by atoms with Crippen molar-refractivity contribution in [2.45, 2.75) is 64.8 Å². The van der Waals surface area contributed by atoms with Crippen LogP contribution in [-0.4, -0.2) is 24.1 Å². The number of aromatic hydroxyl groups is 1. The van der Waals surface area contributed by atoms with Gasteiger partial charge in [0, 0.05) is 12.1 Å². The topological polar surface area (TPSA) is 23.5 Å². The molecular formula is C18H31NO. The van der Waals surface area contributed by atoms with Crippen LogP contribution in [0.4, 0.5) is 0 Å². The van der Waals surface area contributed by atoms with Crippen LogP contribution in [0.25, 0.3) is 0 Å². The number of unbranched alkanes of at least 4 members (excludes halogenated alkanes) is 6. The zero-order valence-electron chi connectivity index (χ0n) is 13.5. The molecule has 0 amide bonds. The minimum atomic E-state index is 0.419. The average molecular weight is 277 g/mol. The molecule has 2 nitrogen and oxygen atoms in total. The second kappa shape index (κ2) is 9.82. The zero-order chi connectivity index (χ0) is 14.8. The Morgan fingerprint density at radius 2 is 1.60 bits per heavy atom. The van der Waals surface area contributed by atoms with Crippen molar-refractivity contribution in [2.75, 3.05) is 14.1 Å². The van der Waals surface area contributed by atoms with Crippen molar-refractivity contribution in [2.24, 2.45) is 0 Å². The van der Waals surface area contributed by atoms with Crippen molar-refractivity contribution in [1.29, 1.82) is 0 Å². The van der Waals surface area contributed by atoms with Gasteiger partial charge in [0.25, 0.3) is 0 Å². The second-order valence-electron chi connectivity index (χ2n) is 6.07. The first kappa shape index (κ1) is 17.0. The van der Waals surface area contributed by atoms with Crippen LogP contribution in [0.1, 0.15) is 63.0 Å². The Kier molecular flexibility index (Phi) is 8.36. The molecule has 0 atom stereocenters. The van der Waals surface area contributed by atoms with Crippen molar-refractivity contribution in [3.8, 4) is 5.75 Å². The maximum absolute atomic E-state index is 9.85. The first-order valence-electron chi connectivity index (χ1n) is 8.09. The summed E-state index contributed by atoms with van der Waals surface area (Å²) in [5.74, 6) is 0.419. The van der Waals surface area contributed by atoms with Gasteiger partial charge in [-0.2, -0.15) is 0 Å². The van der Waals surface area contributed by atoms with Gasteiger partial charge in [0.2, 0.25) is 0 Å². The normalized spacial score (nSPS) is 11.2. The Balaban J connectivity index is 2.29. The van der Waals surface area contributed by atoms with E-state index in [-0.39, 0.29) is 0 Å². The van der Waals surface area contributed by atoms with Gasteiger partial charge in [0.05, 0.1) is 0 Å². The van der Waals surface area contributed by atoms with Crippen LogP contribution in [0.2, 0.25) is 0 Å². The molecule has 0 spiro atoms. The molecule has 1 aromatic rings. The molecule has 0 aromatic heterocycles. The van der Waals surface area contributed by atoms with Crippen molar-refractivity contribution in [1.82, 2.24) is 4.90 Å². The molecule has 0 fully saturated rings. The first-order chi connectivity index (χ1) is 9.63. The van der Waals surface area contributed by atoms with Crippen LogP contribution in [-0.2, 0) is 13.0 Å². The molecule has 2 heteroatoms. The maximum Gasteiger partial charge on any atom is 0.120 e. The summed E-state index contributed by atoms with van der Waals surface area (Å²) in [4.78, 5) is 2.09. The van der Waals surface area contributed by atoms with Crippen LogP contribution < -0.4 is 0 Å². The summed E-state index contributed by atoms with van der Waals surface area (Å²) in [6.45, 7) is 3.06. The summed E-state index contributed by atoms with van der Waals surface area (Å²) in [5.41, 5.74) is 2.39. The third kappa shape index (κ3) is 6.95. The van der Waals surface area contributed by atoms with Gasteiger partial charge in [-0.3, -0.25) is 0 Å². The van der Waals surface area contributed by atoms with E-state index < -0.39 is 0 Å². The van der Waals surface area contributed by atoms with Gasteiger partial charge in [-0.25, -0.2) is 0 Å². The molecule has 0 radical (unpaired) electrons. The standard InChI is InChI=1S/C18H31NO/c1-4-5-6-7-8-9-10-11-16-12-13-18(20)17(14-16)15-19(2)3/h12-14,20H,4-11,15H2,1-3H3. The van der Waals surface area contributed by atoms with Gasteiger partial charge in [0.1, 0.15) is 5.75 Å². The quantitative estimate of drug-likeness (QED) is 0.624. The number of benzene rings is 1. The van der Waals surface area contributed by atoms with Gasteiger partial charge in [-0.1, -0.05) is 57.6 Å². The van der Waals surface area contributed by atoms with E-state index in [9.17, 15) is 5.11 Å². The molecule has 20 heavy (non-hydrogen) atoms. The van der Waals surface area contributed by atoms with E-state index in [2.05, 4.69) is 24.0 Å². The lowest BCUT2D eigenvalue weighted by Crippen LogP contribution is -2.11. The van der Waals surface area contributed by atoms with Crippen molar-refractivity contribution in [3.63, 3.8) is 0 Å². The minimum Gasteiger partial charge on any atom is -0.508 e. The number of hydrogen-bond donors (Lipinski definition) is 1. The summed E-state index contributed by atoms with van der Waals surface area (Å²) < 4.78 is 0. The number of rotatable bonds is 10. The summed E-state index contributed by atoms with van der Waals surface area (Å²) in [7, 11) is 4.06. The lowest BCUT2D eigenvalue weighted by Gasteiger charge is -2.12. The third-order valence-corrected chi connectivity index (χ3v) is 3.70. The molecule has 1 aromatic carbocycles. The largest absolute Gasteiger partial charge is 0.508 e. The van der Waals surface area contributed by atoms with Gasteiger partial charge in [-0.05, 0) is 38.6 Å². The number of phenolic OH excluding ortho intramolecular Hbond substituents is 1. The highest BCUT2D eigenvalue weighted by molar-refractivity contribution is 5.36. The van der Waals surface area contributed by atoms with E-state index in [1.54, 1.807) is 0 Å². The average Bonchev–Trinajstić information content (AvgIpc) is 2.40. The highest BCUT2D eigenvalue weighted by Crippen LogP contribution is 2.21. The van der Waals surface area contributed by atoms with E-state index in [1.165, 1.54) is 50.5 Å².